The molecule has 0 bridgehead atoms. The molecule has 0 unspecified atom stereocenters. The highest BCUT2D eigenvalue weighted by Gasteiger charge is 2.04. The minimum Gasteiger partial charge on any atom is -0.493 e. The van der Waals surface area contributed by atoms with E-state index in [0.717, 1.165) is 15.8 Å². The molecule has 3 nitrogen and oxygen atoms in total. The molecule has 15 heavy (non-hydrogen) atoms. The van der Waals surface area contributed by atoms with Crippen LogP contribution >= 0.6 is 22.5 Å². The van der Waals surface area contributed by atoms with Gasteiger partial charge in [0.05, 0.1) is 12.6 Å². The van der Waals surface area contributed by atoms with Crippen LogP contribution in [0.25, 0.3) is 10.9 Å². The Bertz CT molecular complexity index is 502. The number of benzene rings is 1. The number of thiol groups is 1. The van der Waals surface area contributed by atoms with Gasteiger partial charge in [0.15, 0.2) is 11.6 Å². The van der Waals surface area contributed by atoms with Crippen LogP contribution in [-0.4, -0.2) is 12.1 Å². The molecule has 0 aliphatic rings. The third-order valence-corrected chi connectivity index (χ3v) is 3.20. The first-order valence-electron chi connectivity index (χ1n) is 4.30. The molecule has 5 heteroatoms. The average Bonchev–Trinajstić information content (AvgIpc) is 2.27. The maximum atomic E-state index is 5.73. The van der Waals surface area contributed by atoms with Crippen LogP contribution in [0.5, 0.6) is 5.75 Å². The second-order valence-electron chi connectivity index (χ2n) is 3.02. The van der Waals surface area contributed by atoms with E-state index < -0.39 is 0 Å². The van der Waals surface area contributed by atoms with Gasteiger partial charge in [-0.15, -0.1) is 11.7 Å². The maximum Gasteiger partial charge on any atom is 0.166 e. The Morgan fingerprint density at radius 3 is 2.87 bits per heavy atom. The predicted molar refractivity (Wildman–Crippen MR) is 67.6 cm³/mol. The summed E-state index contributed by atoms with van der Waals surface area (Å²) >= 11 is 4.13. The molecule has 0 saturated carbocycles. The van der Waals surface area contributed by atoms with Gasteiger partial charge >= 0.3 is 0 Å². The minimum absolute atomic E-state index is 0.409. The summed E-state index contributed by atoms with van der Waals surface area (Å²) in [7, 11) is 2.96. The normalized spacial score (nSPS) is 10.5. The van der Waals surface area contributed by atoms with Crippen LogP contribution in [0, 0.1) is 0 Å². The molecule has 0 aliphatic heterocycles. The summed E-state index contributed by atoms with van der Waals surface area (Å²) in [6.45, 7) is 0. The van der Waals surface area contributed by atoms with E-state index >= 15 is 0 Å². The van der Waals surface area contributed by atoms with Gasteiger partial charge in [-0.1, -0.05) is 16.9 Å². The van der Waals surface area contributed by atoms with E-state index in [1.807, 2.05) is 24.3 Å². The van der Waals surface area contributed by atoms with Crippen LogP contribution in [0.1, 0.15) is 0 Å². The number of hydrogen-bond acceptors (Lipinski definition) is 5. The van der Waals surface area contributed by atoms with Crippen molar-refractivity contribution in [2.45, 2.75) is 4.90 Å². The number of rotatable bonds is 2. The van der Waals surface area contributed by atoms with Gasteiger partial charge in [0, 0.05) is 10.3 Å². The summed E-state index contributed by atoms with van der Waals surface area (Å²) in [5.74, 6) is 1.01. The van der Waals surface area contributed by atoms with Crippen LogP contribution in [0.15, 0.2) is 29.2 Å². The lowest BCUT2D eigenvalue weighted by molar-refractivity contribution is 0.416. The summed E-state index contributed by atoms with van der Waals surface area (Å²) in [6, 6.07) is 7.79. The Kier molecular flexibility index (Phi) is 2.93. The zero-order chi connectivity index (χ0) is 10.8. The van der Waals surface area contributed by atoms with Gasteiger partial charge in [0.2, 0.25) is 0 Å². The number of nitrogen functional groups attached to an aromatic ring is 1. The van der Waals surface area contributed by atoms with E-state index in [2.05, 4.69) is 16.6 Å². The summed E-state index contributed by atoms with van der Waals surface area (Å²) in [4.78, 5) is 5.30. The van der Waals surface area contributed by atoms with Crippen molar-refractivity contribution in [1.82, 2.24) is 4.98 Å². The molecule has 1 heterocycles. The fourth-order valence-electron chi connectivity index (χ4n) is 1.36. The zero-order valence-corrected chi connectivity index (χ0v) is 9.81. The van der Waals surface area contributed by atoms with Crippen LogP contribution < -0.4 is 10.5 Å². The molecule has 0 saturated heterocycles. The first-order valence-corrected chi connectivity index (χ1v) is 6.17. The Morgan fingerprint density at radius 2 is 2.20 bits per heavy atom. The summed E-state index contributed by atoms with van der Waals surface area (Å²) < 4.78 is 5.10. The lowest BCUT2D eigenvalue weighted by atomic mass is 10.2. The highest BCUT2D eigenvalue weighted by Crippen LogP contribution is 2.29. The van der Waals surface area contributed by atoms with Gasteiger partial charge < -0.3 is 10.5 Å². The van der Waals surface area contributed by atoms with Crippen molar-refractivity contribution >= 4 is 39.2 Å². The second-order valence-corrected chi connectivity index (χ2v) is 4.22. The number of nitrogens with zero attached hydrogens (tertiary/aromatic N) is 1. The molecule has 78 valence electrons. The van der Waals surface area contributed by atoms with E-state index in [9.17, 15) is 0 Å². The van der Waals surface area contributed by atoms with Crippen LogP contribution in [0.4, 0.5) is 5.82 Å². The predicted octanol–water partition coefficient (Wildman–Crippen LogP) is 2.76. The van der Waals surface area contributed by atoms with E-state index in [1.165, 1.54) is 10.8 Å². The third kappa shape index (κ3) is 1.98. The maximum absolute atomic E-state index is 5.73. The molecule has 1 aromatic heterocycles. The number of ether oxygens (including phenoxy) is 1. The molecule has 1 aromatic carbocycles. The van der Waals surface area contributed by atoms with E-state index in [0.29, 0.717) is 11.6 Å². The van der Waals surface area contributed by atoms with Gasteiger partial charge in [-0.25, -0.2) is 4.98 Å². The minimum atomic E-state index is 0.409. The Morgan fingerprint density at radius 1 is 1.40 bits per heavy atom. The summed E-state index contributed by atoms with van der Waals surface area (Å²) in [6.07, 6.45) is 0. The Balaban J connectivity index is 2.65. The number of hydrogen-bond donors (Lipinski definition) is 2. The number of anilines is 1. The number of aromatic nitrogens is 1. The molecule has 2 aromatic rings. The van der Waals surface area contributed by atoms with Crippen molar-refractivity contribution in [2.75, 3.05) is 12.8 Å². The molecular weight excluding hydrogens is 228 g/mol. The molecule has 0 amide bonds. The second kappa shape index (κ2) is 4.20. The molecule has 0 aliphatic carbocycles. The molecule has 0 radical (unpaired) electrons. The van der Waals surface area contributed by atoms with Gasteiger partial charge in [-0.2, -0.15) is 0 Å². The fraction of sp³-hybridized carbons (Fsp3) is 0.100. The molecule has 0 fully saturated rings. The molecule has 2 rings (SSSR count). The molecular formula is C10H10N2OS2. The highest BCUT2D eigenvalue weighted by molar-refractivity contribution is 8.68. The lowest BCUT2D eigenvalue weighted by Gasteiger charge is -2.06. The van der Waals surface area contributed by atoms with E-state index in [4.69, 9.17) is 10.5 Å². The summed E-state index contributed by atoms with van der Waals surface area (Å²) in [5, 5.41) is 1.01. The SMILES string of the molecule is COc1cc2ccc(SS)cc2nc1N. The molecule has 0 atom stereocenters. The van der Waals surface area contributed by atoms with Crippen molar-refractivity contribution < 1.29 is 4.74 Å². The van der Waals surface area contributed by atoms with Crippen molar-refractivity contribution in [1.29, 1.82) is 0 Å². The summed E-state index contributed by atoms with van der Waals surface area (Å²) in [5.41, 5.74) is 6.58. The van der Waals surface area contributed by atoms with Crippen LogP contribution in [0.3, 0.4) is 0 Å². The topological polar surface area (TPSA) is 48.1 Å². The largest absolute Gasteiger partial charge is 0.493 e. The van der Waals surface area contributed by atoms with Crippen molar-refractivity contribution in [3.8, 4) is 5.75 Å². The highest BCUT2D eigenvalue weighted by atomic mass is 33.1. The van der Waals surface area contributed by atoms with Gasteiger partial charge in [-0.3, -0.25) is 0 Å². The van der Waals surface area contributed by atoms with Crippen LogP contribution in [0.2, 0.25) is 0 Å². The number of nitrogens with two attached hydrogens (primary N) is 1. The van der Waals surface area contributed by atoms with Crippen molar-refractivity contribution in [3.05, 3.63) is 24.3 Å². The number of pyridine rings is 1. The van der Waals surface area contributed by atoms with E-state index in [1.54, 1.807) is 7.11 Å². The zero-order valence-electron chi connectivity index (χ0n) is 8.10. The quantitative estimate of drug-likeness (QED) is 0.624. The van der Waals surface area contributed by atoms with Gasteiger partial charge in [-0.05, 0) is 18.2 Å². The smallest absolute Gasteiger partial charge is 0.166 e. The monoisotopic (exact) mass is 238 g/mol. The Labute approximate surface area is 96.8 Å². The van der Waals surface area contributed by atoms with Gasteiger partial charge in [0.25, 0.3) is 0 Å². The van der Waals surface area contributed by atoms with E-state index in [-0.39, 0.29) is 0 Å². The van der Waals surface area contributed by atoms with Crippen LogP contribution in [-0.2, 0) is 0 Å². The number of fused-ring (bicyclic) bond motifs is 1. The fourth-order valence-corrected chi connectivity index (χ4v) is 2.00. The van der Waals surface area contributed by atoms with Gasteiger partial charge in [0.1, 0.15) is 0 Å². The standard InChI is InChI=1S/C10H10N2OS2/c1-13-9-4-6-2-3-7(15-14)5-8(6)12-10(9)11/h2-5,14H,1H3,(H2,11,12). The average molecular weight is 238 g/mol. The first-order chi connectivity index (χ1) is 7.24. The lowest BCUT2D eigenvalue weighted by Crippen LogP contribution is -1.95. The van der Waals surface area contributed by atoms with Crippen molar-refractivity contribution in [3.63, 3.8) is 0 Å². The first kappa shape index (κ1) is 10.4. The number of methoxy groups -OCH3 is 1. The third-order valence-electron chi connectivity index (χ3n) is 2.11. The Hall–Kier alpha value is -1.07. The molecule has 0 spiro atoms. The van der Waals surface area contributed by atoms with Crippen molar-refractivity contribution in [2.24, 2.45) is 0 Å². The molecule has 2 N–H and O–H groups in total.